The number of benzene rings is 1. The van der Waals surface area contributed by atoms with Crippen molar-refractivity contribution in [3.8, 4) is 0 Å². The summed E-state index contributed by atoms with van der Waals surface area (Å²) in [5, 5.41) is 0. The average Bonchev–Trinajstić information content (AvgIpc) is 2.45. The lowest BCUT2D eigenvalue weighted by atomic mass is 10.2. The van der Waals surface area contributed by atoms with Gasteiger partial charge in [-0.15, -0.1) is 0 Å². The van der Waals surface area contributed by atoms with Gasteiger partial charge in [0.2, 0.25) is 0 Å². The topological polar surface area (TPSA) is 44.5 Å². The van der Waals surface area contributed by atoms with Crippen LogP contribution < -0.4 is 5.73 Å². The van der Waals surface area contributed by atoms with Crippen molar-refractivity contribution in [1.82, 2.24) is 0 Å². The minimum atomic E-state index is -2.08. The second-order valence-corrected chi connectivity index (χ2v) is 8.05. The smallest absolute Gasteiger partial charge is 0.338 e. The van der Waals surface area contributed by atoms with Crippen molar-refractivity contribution in [2.24, 2.45) is 5.73 Å². The molecule has 1 aromatic carbocycles. The van der Waals surface area contributed by atoms with Gasteiger partial charge in [0.25, 0.3) is 0 Å². The van der Waals surface area contributed by atoms with Crippen LogP contribution in [0.1, 0.15) is 25.8 Å². The van der Waals surface area contributed by atoms with E-state index in [0.717, 1.165) is 38.1 Å². The highest BCUT2D eigenvalue weighted by molar-refractivity contribution is 6.67. The van der Waals surface area contributed by atoms with Gasteiger partial charge in [-0.05, 0) is 50.9 Å². The summed E-state index contributed by atoms with van der Waals surface area (Å²) in [7, 11) is -2.08. The number of rotatable bonds is 10. The van der Waals surface area contributed by atoms with Gasteiger partial charge in [-0.2, -0.15) is 0 Å². The van der Waals surface area contributed by atoms with Crippen molar-refractivity contribution in [2.75, 3.05) is 19.8 Å². The molecule has 0 aliphatic rings. The van der Waals surface area contributed by atoms with Gasteiger partial charge in [-0.25, -0.2) is 0 Å². The molecule has 0 aliphatic heterocycles. The molecule has 0 saturated carbocycles. The number of hydrogen-bond acceptors (Lipinski definition) is 3. The van der Waals surface area contributed by atoms with E-state index in [1.54, 1.807) is 0 Å². The molecule has 0 radical (unpaired) electrons. The first-order valence-corrected chi connectivity index (χ1v) is 9.51. The maximum atomic E-state index is 6.05. The summed E-state index contributed by atoms with van der Waals surface area (Å²) in [5.41, 5.74) is 7.00. The molecule has 0 saturated heterocycles. The van der Waals surface area contributed by atoms with Crippen LogP contribution >= 0.6 is 0 Å². The quantitative estimate of drug-likeness (QED) is 0.670. The predicted molar refractivity (Wildman–Crippen MR) is 82.4 cm³/mol. The maximum Gasteiger partial charge on any atom is 0.338 e. The monoisotopic (exact) mass is 281 g/mol. The highest BCUT2D eigenvalue weighted by atomic mass is 28.4. The van der Waals surface area contributed by atoms with E-state index in [2.05, 4.69) is 24.3 Å². The zero-order valence-corrected chi connectivity index (χ0v) is 13.2. The summed E-state index contributed by atoms with van der Waals surface area (Å²) in [6.45, 7) is 6.26. The number of hydrogen-bond donors (Lipinski definition) is 1. The SMILES string of the molecule is CCO[Si](CCCN)(CCc1ccccc1)OCC. The van der Waals surface area contributed by atoms with Gasteiger partial charge in [0, 0.05) is 13.2 Å². The first-order chi connectivity index (χ1) is 9.26. The van der Waals surface area contributed by atoms with E-state index in [1.807, 2.05) is 19.9 Å². The van der Waals surface area contributed by atoms with Crippen LogP contribution in [0.25, 0.3) is 0 Å². The van der Waals surface area contributed by atoms with Crippen molar-refractivity contribution >= 4 is 8.56 Å². The van der Waals surface area contributed by atoms with Crippen LogP contribution in [0, 0.1) is 0 Å². The highest BCUT2D eigenvalue weighted by Crippen LogP contribution is 2.23. The Hall–Kier alpha value is -0.683. The molecule has 0 amide bonds. The number of nitrogens with two attached hydrogens (primary N) is 1. The van der Waals surface area contributed by atoms with E-state index in [9.17, 15) is 0 Å². The van der Waals surface area contributed by atoms with Gasteiger partial charge >= 0.3 is 8.56 Å². The molecule has 0 heterocycles. The van der Waals surface area contributed by atoms with Gasteiger partial charge in [0.1, 0.15) is 0 Å². The second kappa shape index (κ2) is 9.26. The molecule has 0 aliphatic carbocycles. The van der Waals surface area contributed by atoms with E-state index >= 15 is 0 Å². The lowest BCUT2D eigenvalue weighted by Gasteiger charge is -2.30. The normalized spacial score (nSPS) is 11.7. The predicted octanol–water partition coefficient (Wildman–Crippen LogP) is 3.09. The van der Waals surface area contributed by atoms with Crippen molar-refractivity contribution in [1.29, 1.82) is 0 Å². The molecule has 1 aromatic rings. The van der Waals surface area contributed by atoms with Crippen molar-refractivity contribution in [2.45, 2.75) is 38.8 Å². The van der Waals surface area contributed by atoms with Crippen LogP contribution in [0.3, 0.4) is 0 Å². The Balaban J connectivity index is 2.65. The van der Waals surface area contributed by atoms with Gasteiger partial charge in [0.15, 0.2) is 0 Å². The molecule has 19 heavy (non-hydrogen) atoms. The standard InChI is InChI=1S/C15H27NO2Si/c1-3-17-19(18-4-2,13-8-12-16)14-11-15-9-6-5-7-10-15/h5-7,9-10H,3-4,8,11-14,16H2,1-2H3. The van der Waals surface area contributed by atoms with Crippen molar-refractivity contribution in [3.63, 3.8) is 0 Å². The third-order valence-electron chi connectivity index (χ3n) is 3.21. The average molecular weight is 281 g/mol. The Morgan fingerprint density at radius 2 is 1.63 bits per heavy atom. The van der Waals surface area contributed by atoms with Gasteiger partial charge < -0.3 is 14.6 Å². The fraction of sp³-hybridized carbons (Fsp3) is 0.600. The summed E-state index contributed by atoms with van der Waals surface area (Å²) < 4.78 is 12.1. The second-order valence-electron chi connectivity index (χ2n) is 4.65. The molecule has 0 spiro atoms. The first kappa shape index (κ1) is 16.4. The molecule has 2 N–H and O–H groups in total. The van der Waals surface area contributed by atoms with Gasteiger partial charge in [-0.1, -0.05) is 30.3 Å². The van der Waals surface area contributed by atoms with Gasteiger partial charge in [0.05, 0.1) is 0 Å². The highest BCUT2D eigenvalue weighted by Gasteiger charge is 2.35. The fourth-order valence-electron chi connectivity index (χ4n) is 2.33. The molecule has 0 fully saturated rings. The third kappa shape index (κ3) is 5.87. The summed E-state index contributed by atoms with van der Waals surface area (Å²) in [4.78, 5) is 0. The summed E-state index contributed by atoms with van der Waals surface area (Å²) in [6, 6.07) is 12.6. The molecule has 108 valence electrons. The van der Waals surface area contributed by atoms with Crippen molar-refractivity contribution < 1.29 is 8.85 Å². The van der Waals surface area contributed by atoms with E-state index in [0.29, 0.717) is 6.54 Å². The van der Waals surface area contributed by atoms with Gasteiger partial charge in [-0.3, -0.25) is 0 Å². The molecule has 0 bridgehead atoms. The minimum Gasteiger partial charge on any atom is -0.394 e. The van der Waals surface area contributed by atoms with Crippen LogP contribution in [0.5, 0.6) is 0 Å². The molecular weight excluding hydrogens is 254 g/mol. The molecule has 0 atom stereocenters. The summed E-state index contributed by atoms with van der Waals surface area (Å²) in [6.07, 6.45) is 2.01. The summed E-state index contributed by atoms with van der Waals surface area (Å²) in [5.74, 6) is 0. The van der Waals surface area contributed by atoms with E-state index in [-0.39, 0.29) is 0 Å². The molecule has 0 unspecified atom stereocenters. The number of aryl methyl sites for hydroxylation is 1. The fourth-order valence-corrected chi connectivity index (χ4v) is 5.71. The zero-order valence-electron chi connectivity index (χ0n) is 12.2. The van der Waals surface area contributed by atoms with Crippen LogP contribution in [0.15, 0.2) is 30.3 Å². The third-order valence-corrected chi connectivity index (χ3v) is 6.97. The zero-order chi connectivity index (χ0) is 14.0. The van der Waals surface area contributed by atoms with Crippen molar-refractivity contribution in [3.05, 3.63) is 35.9 Å². The first-order valence-electron chi connectivity index (χ1n) is 7.28. The van der Waals surface area contributed by atoms with Crippen LogP contribution in [-0.2, 0) is 15.3 Å². The Morgan fingerprint density at radius 3 is 2.16 bits per heavy atom. The molecular formula is C15H27NO2Si. The maximum absolute atomic E-state index is 6.05. The Labute approximate surface area is 118 Å². The molecule has 0 aromatic heterocycles. The lowest BCUT2D eigenvalue weighted by Crippen LogP contribution is -2.43. The molecule has 1 rings (SSSR count). The van der Waals surface area contributed by atoms with E-state index in [4.69, 9.17) is 14.6 Å². The Bertz CT molecular complexity index is 326. The minimum absolute atomic E-state index is 0.709. The van der Waals surface area contributed by atoms with Crippen LogP contribution in [0.2, 0.25) is 12.1 Å². The summed E-state index contributed by atoms with van der Waals surface area (Å²) >= 11 is 0. The van der Waals surface area contributed by atoms with Crippen LogP contribution in [0.4, 0.5) is 0 Å². The van der Waals surface area contributed by atoms with E-state index < -0.39 is 8.56 Å². The van der Waals surface area contributed by atoms with E-state index in [1.165, 1.54) is 5.56 Å². The largest absolute Gasteiger partial charge is 0.394 e. The lowest BCUT2D eigenvalue weighted by molar-refractivity contribution is 0.181. The van der Waals surface area contributed by atoms with Crippen LogP contribution in [-0.4, -0.2) is 28.3 Å². The molecule has 3 nitrogen and oxygen atoms in total. The molecule has 4 heteroatoms. The Kier molecular flexibility index (Phi) is 7.98. The Morgan fingerprint density at radius 1 is 1.00 bits per heavy atom.